The molecular weight excluding hydrogens is 259 g/mol. The van der Waals surface area contributed by atoms with Crippen molar-refractivity contribution in [3.05, 3.63) is 33.8 Å². The van der Waals surface area contributed by atoms with Gasteiger partial charge in [0.15, 0.2) is 5.82 Å². The molecular formula is C11H12Cl2N4. The Morgan fingerprint density at radius 3 is 2.47 bits per heavy atom. The SMILES string of the molecule is CNc1nc(-n2cnc(C)c2C)c(Cl)cc1Cl. The number of nitrogens with zero attached hydrogens (tertiary/aromatic N) is 3. The third-order valence-electron chi connectivity index (χ3n) is 2.63. The van der Waals surface area contributed by atoms with Crippen molar-refractivity contribution in [2.75, 3.05) is 12.4 Å². The molecule has 2 rings (SSSR count). The largest absolute Gasteiger partial charge is 0.372 e. The minimum Gasteiger partial charge on any atom is -0.372 e. The van der Waals surface area contributed by atoms with E-state index in [1.807, 2.05) is 18.4 Å². The van der Waals surface area contributed by atoms with Gasteiger partial charge in [0.1, 0.15) is 12.1 Å². The smallest absolute Gasteiger partial charge is 0.159 e. The first kappa shape index (κ1) is 12.2. The Balaban J connectivity index is 2.63. The van der Waals surface area contributed by atoms with Crippen LogP contribution in [-0.4, -0.2) is 21.6 Å². The second-order valence-corrected chi connectivity index (χ2v) is 4.47. The molecule has 1 N–H and O–H groups in total. The Kier molecular flexibility index (Phi) is 3.26. The predicted octanol–water partition coefficient (Wildman–Crippen LogP) is 3.23. The molecule has 0 bridgehead atoms. The van der Waals surface area contributed by atoms with Crippen molar-refractivity contribution in [1.82, 2.24) is 14.5 Å². The van der Waals surface area contributed by atoms with E-state index < -0.39 is 0 Å². The number of hydrogen-bond donors (Lipinski definition) is 1. The number of hydrogen-bond acceptors (Lipinski definition) is 3. The van der Waals surface area contributed by atoms with Crippen LogP contribution in [0.5, 0.6) is 0 Å². The lowest BCUT2D eigenvalue weighted by molar-refractivity contribution is 0.951. The number of pyridine rings is 1. The second kappa shape index (κ2) is 4.55. The third kappa shape index (κ3) is 2.10. The van der Waals surface area contributed by atoms with Crippen LogP contribution in [0.2, 0.25) is 10.0 Å². The molecule has 0 spiro atoms. The maximum atomic E-state index is 6.15. The summed E-state index contributed by atoms with van der Waals surface area (Å²) in [5.74, 6) is 1.22. The monoisotopic (exact) mass is 270 g/mol. The first-order valence-corrected chi connectivity index (χ1v) is 5.85. The maximum absolute atomic E-state index is 6.15. The number of anilines is 1. The van der Waals surface area contributed by atoms with Crippen LogP contribution in [0.1, 0.15) is 11.4 Å². The Morgan fingerprint density at radius 2 is 1.94 bits per heavy atom. The molecule has 0 aliphatic rings. The van der Waals surface area contributed by atoms with E-state index in [2.05, 4.69) is 15.3 Å². The van der Waals surface area contributed by atoms with Crippen LogP contribution in [0.3, 0.4) is 0 Å². The summed E-state index contributed by atoms with van der Waals surface area (Å²) in [6.07, 6.45) is 1.70. The molecule has 0 aliphatic carbocycles. The molecule has 4 nitrogen and oxygen atoms in total. The Bertz CT molecular complexity index is 563. The van der Waals surface area contributed by atoms with Crippen molar-refractivity contribution >= 4 is 29.0 Å². The number of imidazole rings is 1. The molecule has 2 aromatic heterocycles. The Morgan fingerprint density at radius 1 is 1.24 bits per heavy atom. The van der Waals surface area contributed by atoms with Gasteiger partial charge in [-0.25, -0.2) is 9.97 Å². The molecule has 90 valence electrons. The first-order valence-electron chi connectivity index (χ1n) is 5.09. The first-order chi connectivity index (χ1) is 8.04. The minimum atomic E-state index is 0.495. The topological polar surface area (TPSA) is 42.7 Å². The van der Waals surface area contributed by atoms with Crippen LogP contribution < -0.4 is 5.32 Å². The van der Waals surface area contributed by atoms with Gasteiger partial charge in [0.25, 0.3) is 0 Å². The normalized spacial score (nSPS) is 10.6. The highest BCUT2D eigenvalue weighted by atomic mass is 35.5. The number of halogens is 2. The predicted molar refractivity (Wildman–Crippen MR) is 70.4 cm³/mol. The minimum absolute atomic E-state index is 0.495. The second-order valence-electron chi connectivity index (χ2n) is 3.66. The highest BCUT2D eigenvalue weighted by Crippen LogP contribution is 2.28. The van der Waals surface area contributed by atoms with Crippen LogP contribution in [0, 0.1) is 13.8 Å². The molecule has 2 aromatic rings. The zero-order chi connectivity index (χ0) is 12.6. The van der Waals surface area contributed by atoms with Crippen LogP contribution in [0.4, 0.5) is 5.82 Å². The molecule has 2 heterocycles. The zero-order valence-corrected chi connectivity index (χ0v) is 11.3. The molecule has 0 amide bonds. The fourth-order valence-corrected chi connectivity index (χ4v) is 2.06. The van der Waals surface area contributed by atoms with Crippen molar-refractivity contribution in [3.8, 4) is 5.82 Å². The highest BCUT2D eigenvalue weighted by Gasteiger charge is 2.12. The molecule has 0 radical (unpaired) electrons. The van der Waals surface area contributed by atoms with Gasteiger partial charge in [-0.1, -0.05) is 23.2 Å². The average molecular weight is 271 g/mol. The lowest BCUT2D eigenvalue weighted by Crippen LogP contribution is -2.03. The molecule has 0 aromatic carbocycles. The molecule has 17 heavy (non-hydrogen) atoms. The summed E-state index contributed by atoms with van der Waals surface area (Å²) in [7, 11) is 1.76. The van der Waals surface area contributed by atoms with Gasteiger partial charge in [0.05, 0.1) is 15.7 Å². The molecule has 0 fully saturated rings. The number of aromatic nitrogens is 3. The van der Waals surface area contributed by atoms with Gasteiger partial charge in [-0.15, -0.1) is 0 Å². The van der Waals surface area contributed by atoms with Gasteiger partial charge in [-0.2, -0.15) is 0 Å². The van der Waals surface area contributed by atoms with Crippen molar-refractivity contribution in [3.63, 3.8) is 0 Å². The fourth-order valence-electron chi connectivity index (χ4n) is 1.51. The van der Waals surface area contributed by atoms with Crippen molar-refractivity contribution < 1.29 is 0 Å². The lowest BCUT2D eigenvalue weighted by atomic mass is 10.3. The van der Waals surface area contributed by atoms with Crippen molar-refractivity contribution in [2.45, 2.75) is 13.8 Å². The zero-order valence-electron chi connectivity index (χ0n) is 9.75. The van der Waals surface area contributed by atoms with Gasteiger partial charge in [0, 0.05) is 12.7 Å². The van der Waals surface area contributed by atoms with Crippen molar-refractivity contribution in [2.24, 2.45) is 0 Å². The molecule has 0 atom stereocenters. The summed E-state index contributed by atoms with van der Waals surface area (Å²) in [5, 5.41) is 3.91. The lowest BCUT2D eigenvalue weighted by Gasteiger charge is -2.10. The quantitative estimate of drug-likeness (QED) is 0.911. The van der Waals surface area contributed by atoms with Crippen LogP contribution in [0.15, 0.2) is 12.4 Å². The average Bonchev–Trinajstić information content (AvgIpc) is 2.61. The van der Waals surface area contributed by atoms with E-state index in [0.717, 1.165) is 11.4 Å². The molecule has 0 saturated carbocycles. The number of rotatable bonds is 2. The summed E-state index contributed by atoms with van der Waals surface area (Å²) in [4.78, 5) is 8.61. The Labute approximate surface area is 110 Å². The van der Waals surface area contributed by atoms with Gasteiger partial charge in [0.2, 0.25) is 0 Å². The van der Waals surface area contributed by atoms with Crippen molar-refractivity contribution in [1.29, 1.82) is 0 Å². The van der Waals surface area contributed by atoms with Crippen LogP contribution in [0.25, 0.3) is 5.82 Å². The molecule has 0 unspecified atom stereocenters. The van der Waals surface area contributed by atoms with E-state index in [-0.39, 0.29) is 0 Å². The molecule has 0 saturated heterocycles. The van der Waals surface area contributed by atoms with Gasteiger partial charge in [-0.3, -0.25) is 4.57 Å². The Hall–Kier alpha value is -1.26. The van der Waals surface area contributed by atoms with Crippen LogP contribution >= 0.6 is 23.2 Å². The van der Waals surface area contributed by atoms with E-state index in [1.165, 1.54) is 0 Å². The summed E-state index contributed by atoms with van der Waals surface area (Å²) in [5.41, 5.74) is 1.95. The molecule has 6 heteroatoms. The van der Waals surface area contributed by atoms with Gasteiger partial charge in [-0.05, 0) is 19.9 Å². The maximum Gasteiger partial charge on any atom is 0.159 e. The number of nitrogens with one attached hydrogen (secondary N) is 1. The van der Waals surface area contributed by atoms with Gasteiger partial charge < -0.3 is 5.32 Å². The molecule has 0 aliphatic heterocycles. The van der Waals surface area contributed by atoms with E-state index in [4.69, 9.17) is 23.2 Å². The summed E-state index contributed by atoms with van der Waals surface area (Å²) in [6.45, 7) is 3.91. The van der Waals surface area contributed by atoms with Gasteiger partial charge >= 0.3 is 0 Å². The van der Waals surface area contributed by atoms with Crippen LogP contribution in [-0.2, 0) is 0 Å². The third-order valence-corrected chi connectivity index (χ3v) is 3.19. The van der Waals surface area contributed by atoms with E-state index in [1.54, 1.807) is 19.4 Å². The standard InChI is InChI=1S/C11H12Cl2N4/c1-6-7(2)17(5-15-6)11-9(13)4-8(12)10(14-3)16-11/h4-5H,1-3H3,(H,14,16). The van der Waals surface area contributed by atoms with E-state index in [9.17, 15) is 0 Å². The van der Waals surface area contributed by atoms with E-state index >= 15 is 0 Å². The number of aryl methyl sites for hydroxylation is 1. The summed E-state index contributed by atoms with van der Waals surface area (Å²) < 4.78 is 1.84. The van der Waals surface area contributed by atoms with E-state index in [0.29, 0.717) is 21.7 Å². The summed E-state index contributed by atoms with van der Waals surface area (Å²) in [6, 6.07) is 1.67. The summed E-state index contributed by atoms with van der Waals surface area (Å²) >= 11 is 12.2. The fraction of sp³-hybridized carbons (Fsp3) is 0.273. The highest BCUT2D eigenvalue weighted by molar-refractivity contribution is 6.36.